The minimum atomic E-state index is -4.07. The van der Waals surface area contributed by atoms with Gasteiger partial charge in [-0.15, -0.1) is 0 Å². The second-order valence-corrected chi connectivity index (χ2v) is 5.03. The third-order valence-corrected chi connectivity index (χ3v) is 3.56. The van der Waals surface area contributed by atoms with Gasteiger partial charge in [-0.1, -0.05) is 0 Å². The molecule has 1 fully saturated rings. The Labute approximate surface area is 110 Å². The molecule has 1 saturated heterocycles. The summed E-state index contributed by atoms with van der Waals surface area (Å²) in [5.74, 6) is -1.17. The molecular formula is C13H18F3N3. The first-order chi connectivity index (χ1) is 8.88. The van der Waals surface area contributed by atoms with Gasteiger partial charge in [-0.25, -0.2) is 0 Å². The highest BCUT2D eigenvalue weighted by molar-refractivity contribution is 5.45. The first kappa shape index (κ1) is 14.1. The summed E-state index contributed by atoms with van der Waals surface area (Å²) < 4.78 is 37.7. The van der Waals surface area contributed by atoms with E-state index in [4.69, 9.17) is 5.73 Å². The SMILES string of the molecule is C[C@@H](N)c1ccc(N2CCC(C(F)(F)F)CC2)cn1. The maximum absolute atomic E-state index is 12.6. The van der Waals surface area contributed by atoms with Crippen LogP contribution in [0.25, 0.3) is 0 Å². The second-order valence-electron chi connectivity index (χ2n) is 5.03. The summed E-state index contributed by atoms with van der Waals surface area (Å²) in [7, 11) is 0. The molecule has 0 saturated carbocycles. The van der Waals surface area contributed by atoms with Crippen LogP contribution in [0.1, 0.15) is 31.5 Å². The number of halogens is 3. The Hall–Kier alpha value is -1.30. The van der Waals surface area contributed by atoms with Gasteiger partial charge in [-0.3, -0.25) is 4.98 Å². The van der Waals surface area contributed by atoms with E-state index in [0.717, 1.165) is 11.4 Å². The van der Waals surface area contributed by atoms with Crippen molar-refractivity contribution in [2.24, 2.45) is 11.7 Å². The Balaban J connectivity index is 1.98. The molecule has 2 heterocycles. The van der Waals surface area contributed by atoms with Crippen LogP contribution in [0.3, 0.4) is 0 Å². The number of nitrogens with zero attached hydrogens (tertiary/aromatic N) is 2. The molecule has 0 unspecified atom stereocenters. The van der Waals surface area contributed by atoms with Crippen LogP contribution < -0.4 is 10.6 Å². The summed E-state index contributed by atoms with van der Waals surface area (Å²) in [4.78, 5) is 6.18. The zero-order valence-electron chi connectivity index (χ0n) is 10.8. The van der Waals surface area contributed by atoms with E-state index in [2.05, 4.69) is 4.98 Å². The molecule has 2 N–H and O–H groups in total. The lowest BCUT2D eigenvalue weighted by Crippen LogP contribution is -2.39. The van der Waals surface area contributed by atoms with Crippen molar-refractivity contribution in [3.8, 4) is 0 Å². The van der Waals surface area contributed by atoms with Gasteiger partial charge in [-0.2, -0.15) is 13.2 Å². The van der Waals surface area contributed by atoms with Crippen LogP contribution in [-0.2, 0) is 0 Å². The molecule has 0 aromatic carbocycles. The summed E-state index contributed by atoms with van der Waals surface area (Å²) >= 11 is 0. The van der Waals surface area contributed by atoms with Crippen LogP contribution in [0.15, 0.2) is 18.3 Å². The van der Waals surface area contributed by atoms with Gasteiger partial charge in [0.05, 0.1) is 23.5 Å². The Morgan fingerprint density at radius 1 is 1.32 bits per heavy atom. The number of rotatable bonds is 2. The van der Waals surface area contributed by atoms with Crippen LogP contribution in [0, 0.1) is 5.92 Å². The van der Waals surface area contributed by atoms with Crippen molar-refractivity contribution in [2.45, 2.75) is 32.0 Å². The number of piperidine rings is 1. The van der Waals surface area contributed by atoms with E-state index in [-0.39, 0.29) is 18.9 Å². The van der Waals surface area contributed by atoms with E-state index in [1.165, 1.54) is 0 Å². The lowest BCUT2D eigenvalue weighted by atomic mass is 9.96. The van der Waals surface area contributed by atoms with Gasteiger partial charge in [0, 0.05) is 19.1 Å². The van der Waals surface area contributed by atoms with Crippen molar-refractivity contribution in [3.05, 3.63) is 24.0 Å². The molecule has 1 aliphatic heterocycles. The fourth-order valence-electron chi connectivity index (χ4n) is 2.32. The molecule has 0 amide bonds. The summed E-state index contributed by atoms with van der Waals surface area (Å²) in [5.41, 5.74) is 7.36. The van der Waals surface area contributed by atoms with Crippen molar-refractivity contribution >= 4 is 5.69 Å². The third kappa shape index (κ3) is 3.37. The van der Waals surface area contributed by atoms with Crippen molar-refractivity contribution in [1.82, 2.24) is 4.98 Å². The summed E-state index contributed by atoms with van der Waals surface area (Å²) in [6.45, 7) is 2.68. The number of alkyl halides is 3. The molecule has 6 heteroatoms. The fraction of sp³-hybridized carbons (Fsp3) is 0.615. The number of anilines is 1. The minimum absolute atomic E-state index is 0.134. The van der Waals surface area contributed by atoms with Crippen molar-refractivity contribution in [3.63, 3.8) is 0 Å². The Kier molecular flexibility index (Phi) is 3.99. The normalized spacial score (nSPS) is 19.5. The molecule has 0 radical (unpaired) electrons. The smallest absolute Gasteiger partial charge is 0.370 e. The highest BCUT2D eigenvalue weighted by atomic mass is 19.4. The fourth-order valence-corrected chi connectivity index (χ4v) is 2.32. The predicted octanol–water partition coefficient (Wildman–Crippen LogP) is 2.88. The number of pyridine rings is 1. The van der Waals surface area contributed by atoms with E-state index in [0.29, 0.717) is 13.1 Å². The molecule has 1 aliphatic rings. The molecule has 3 nitrogen and oxygen atoms in total. The molecule has 0 aliphatic carbocycles. The number of nitrogens with two attached hydrogens (primary N) is 1. The van der Waals surface area contributed by atoms with Crippen molar-refractivity contribution in [2.75, 3.05) is 18.0 Å². The molecule has 19 heavy (non-hydrogen) atoms. The topological polar surface area (TPSA) is 42.1 Å². The maximum atomic E-state index is 12.6. The van der Waals surface area contributed by atoms with Crippen LogP contribution >= 0.6 is 0 Å². The second kappa shape index (κ2) is 5.36. The highest BCUT2D eigenvalue weighted by Crippen LogP contribution is 2.35. The molecule has 1 atom stereocenters. The van der Waals surface area contributed by atoms with Gasteiger partial charge in [0.1, 0.15) is 0 Å². The van der Waals surface area contributed by atoms with E-state index < -0.39 is 12.1 Å². The van der Waals surface area contributed by atoms with E-state index in [9.17, 15) is 13.2 Å². The zero-order valence-corrected chi connectivity index (χ0v) is 10.8. The van der Waals surface area contributed by atoms with Gasteiger partial charge in [-0.05, 0) is 31.9 Å². The molecule has 2 rings (SSSR count). The van der Waals surface area contributed by atoms with Crippen LogP contribution in [-0.4, -0.2) is 24.2 Å². The van der Waals surface area contributed by atoms with Crippen molar-refractivity contribution in [1.29, 1.82) is 0 Å². The first-order valence-corrected chi connectivity index (χ1v) is 6.41. The average Bonchev–Trinajstić information content (AvgIpc) is 2.38. The maximum Gasteiger partial charge on any atom is 0.391 e. The predicted molar refractivity (Wildman–Crippen MR) is 67.8 cm³/mol. The third-order valence-electron chi connectivity index (χ3n) is 3.56. The van der Waals surface area contributed by atoms with E-state index in [1.54, 1.807) is 6.20 Å². The summed E-state index contributed by atoms with van der Waals surface area (Å²) in [5, 5.41) is 0. The van der Waals surface area contributed by atoms with Gasteiger partial charge >= 0.3 is 6.18 Å². The number of hydrogen-bond acceptors (Lipinski definition) is 3. The van der Waals surface area contributed by atoms with Gasteiger partial charge in [0.2, 0.25) is 0 Å². The summed E-state index contributed by atoms with van der Waals surface area (Å²) in [6, 6.07) is 3.57. The lowest BCUT2D eigenvalue weighted by Gasteiger charge is -2.34. The largest absolute Gasteiger partial charge is 0.391 e. The molecular weight excluding hydrogens is 255 g/mol. The number of aromatic nitrogens is 1. The van der Waals surface area contributed by atoms with E-state index >= 15 is 0 Å². The summed E-state index contributed by atoms with van der Waals surface area (Å²) in [6.07, 6.45) is -2.08. The molecule has 1 aromatic heterocycles. The molecule has 106 valence electrons. The molecule has 0 spiro atoms. The van der Waals surface area contributed by atoms with Gasteiger partial charge < -0.3 is 10.6 Å². The Morgan fingerprint density at radius 2 is 1.95 bits per heavy atom. The number of hydrogen-bond donors (Lipinski definition) is 1. The van der Waals surface area contributed by atoms with Crippen molar-refractivity contribution < 1.29 is 13.2 Å². The first-order valence-electron chi connectivity index (χ1n) is 6.41. The molecule has 0 bridgehead atoms. The Bertz CT molecular complexity index is 406. The zero-order chi connectivity index (χ0) is 14.0. The average molecular weight is 273 g/mol. The highest BCUT2D eigenvalue weighted by Gasteiger charge is 2.41. The lowest BCUT2D eigenvalue weighted by molar-refractivity contribution is -0.179. The minimum Gasteiger partial charge on any atom is -0.370 e. The standard InChI is InChI=1S/C13H18F3N3/c1-9(17)12-3-2-11(8-18-12)19-6-4-10(5-7-19)13(14,15)16/h2-3,8-10H,4-7,17H2,1H3/t9-/m1/s1. The Morgan fingerprint density at radius 3 is 2.37 bits per heavy atom. The van der Waals surface area contributed by atoms with Gasteiger partial charge in [0.15, 0.2) is 0 Å². The molecule has 1 aromatic rings. The van der Waals surface area contributed by atoms with Crippen LogP contribution in [0.5, 0.6) is 0 Å². The van der Waals surface area contributed by atoms with Gasteiger partial charge in [0.25, 0.3) is 0 Å². The van der Waals surface area contributed by atoms with Crippen LogP contribution in [0.4, 0.5) is 18.9 Å². The van der Waals surface area contributed by atoms with Crippen LogP contribution in [0.2, 0.25) is 0 Å². The monoisotopic (exact) mass is 273 g/mol. The quantitative estimate of drug-likeness (QED) is 0.901. The van der Waals surface area contributed by atoms with E-state index in [1.807, 2.05) is 24.0 Å².